The Balaban J connectivity index is 2.19. The van der Waals surface area contributed by atoms with Crippen molar-refractivity contribution in [2.75, 3.05) is 6.61 Å². The van der Waals surface area contributed by atoms with Gasteiger partial charge in [0.25, 0.3) is 5.91 Å². The highest BCUT2D eigenvalue weighted by atomic mass is 35.5. The molecule has 0 aliphatic rings. The Morgan fingerprint density at radius 1 is 1.07 bits per heavy atom. The summed E-state index contributed by atoms with van der Waals surface area (Å²) in [7, 11) is 0. The molecular weight excluding hydrogens is 411 g/mol. The number of hydrogen-bond acceptors (Lipinski definition) is 3. The molecule has 1 N–H and O–H groups in total. The lowest BCUT2D eigenvalue weighted by atomic mass is 10.1. The maximum absolute atomic E-state index is 12.9. The zero-order valence-corrected chi connectivity index (χ0v) is 18.6. The van der Waals surface area contributed by atoms with E-state index in [0.29, 0.717) is 15.8 Å². The Bertz CT molecular complexity index is 851. The normalized spacial score (nSPS) is 12.2. The number of halogens is 2. The minimum absolute atomic E-state index is 0.182. The van der Waals surface area contributed by atoms with E-state index in [1.807, 2.05) is 39.0 Å². The second kappa shape index (κ2) is 9.99. The third-order valence-electron chi connectivity index (χ3n) is 4.11. The lowest BCUT2D eigenvalue weighted by molar-refractivity contribution is -0.142. The number of amides is 2. The van der Waals surface area contributed by atoms with E-state index in [4.69, 9.17) is 27.9 Å². The van der Waals surface area contributed by atoms with E-state index >= 15 is 0 Å². The first-order valence-electron chi connectivity index (χ1n) is 9.30. The van der Waals surface area contributed by atoms with Gasteiger partial charge in [-0.1, -0.05) is 47.5 Å². The van der Waals surface area contributed by atoms with Gasteiger partial charge in [-0.05, 0) is 57.5 Å². The molecule has 29 heavy (non-hydrogen) atoms. The highest BCUT2D eigenvalue weighted by molar-refractivity contribution is 6.42. The Kier molecular flexibility index (Phi) is 7.94. The van der Waals surface area contributed by atoms with Gasteiger partial charge in [-0.2, -0.15) is 0 Å². The Morgan fingerprint density at radius 2 is 1.72 bits per heavy atom. The highest BCUT2D eigenvalue weighted by Gasteiger charge is 2.28. The molecule has 0 spiro atoms. The van der Waals surface area contributed by atoms with Crippen LogP contribution in [0, 0.1) is 0 Å². The molecule has 0 aliphatic carbocycles. The van der Waals surface area contributed by atoms with Gasteiger partial charge in [0, 0.05) is 12.1 Å². The first kappa shape index (κ1) is 23.0. The summed E-state index contributed by atoms with van der Waals surface area (Å²) in [4.78, 5) is 27.1. The van der Waals surface area contributed by atoms with Gasteiger partial charge in [0.15, 0.2) is 6.61 Å². The SMILES string of the molecule is C[C@H](C(=O)NC(C)(C)C)N(Cc1ccc(Cl)c(Cl)c1)C(=O)COc1ccccc1. The largest absolute Gasteiger partial charge is 0.484 e. The molecule has 156 valence electrons. The van der Waals surface area contributed by atoms with Crippen molar-refractivity contribution in [3.05, 3.63) is 64.1 Å². The van der Waals surface area contributed by atoms with Crippen molar-refractivity contribution < 1.29 is 14.3 Å². The van der Waals surface area contributed by atoms with Crippen LogP contribution < -0.4 is 10.1 Å². The predicted molar refractivity (Wildman–Crippen MR) is 116 cm³/mol. The molecule has 0 radical (unpaired) electrons. The molecular formula is C22H26Cl2N2O3. The molecule has 7 heteroatoms. The van der Waals surface area contributed by atoms with Gasteiger partial charge >= 0.3 is 0 Å². The van der Waals surface area contributed by atoms with Crippen LogP contribution in [0.5, 0.6) is 5.75 Å². The maximum atomic E-state index is 12.9. The number of nitrogens with one attached hydrogen (secondary N) is 1. The van der Waals surface area contributed by atoms with Crippen molar-refractivity contribution in [2.45, 2.75) is 45.8 Å². The molecule has 2 rings (SSSR count). The van der Waals surface area contributed by atoms with E-state index < -0.39 is 11.6 Å². The molecule has 1 atom stereocenters. The van der Waals surface area contributed by atoms with Crippen LogP contribution in [0.25, 0.3) is 0 Å². The lowest BCUT2D eigenvalue weighted by Crippen LogP contribution is -2.53. The van der Waals surface area contributed by atoms with E-state index in [1.54, 1.807) is 37.3 Å². The van der Waals surface area contributed by atoms with Crippen LogP contribution in [0.1, 0.15) is 33.3 Å². The van der Waals surface area contributed by atoms with Crippen molar-refractivity contribution in [1.29, 1.82) is 0 Å². The van der Waals surface area contributed by atoms with Crippen LogP contribution in [0.2, 0.25) is 10.0 Å². The number of rotatable bonds is 7. The summed E-state index contributed by atoms with van der Waals surface area (Å²) in [6.07, 6.45) is 0. The van der Waals surface area contributed by atoms with Crippen LogP contribution in [0.3, 0.4) is 0 Å². The van der Waals surface area contributed by atoms with E-state index in [0.717, 1.165) is 5.56 Å². The van der Waals surface area contributed by atoms with Crippen LogP contribution in [-0.2, 0) is 16.1 Å². The van der Waals surface area contributed by atoms with E-state index in [2.05, 4.69) is 5.32 Å². The van der Waals surface area contributed by atoms with Crippen molar-refractivity contribution in [3.63, 3.8) is 0 Å². The summed E-state index contributed by atoms with van der Waals surface area (Å²) in [6, 6.07) is 13.5. The second-order valence-corrected chi connectivity index (χ2v) is 8.60. The fourth-order valence-corrected chi connectivity index (χ4v) is 2.96. The molecule has 0 unspecified atom stereocenters. The maximum Gasteiger partial charge on any atom is 0.261 e. The smallest absolute Gasteiger partial charge is 0.261 e. The third kappa shape index (κ3) is 7.26. The lowest BCUT2D eigenvalue weighted by Gasteiger charge is -2.31. The number of ether oxygens (including phenoxy) is 1. The first-order valence-corrected chi connectivity index (χ1v) is 10.1. The van der Waals surface area contributed by atoms with Gasteiger partial charge in [-0.15, -0.1) is 0 Å². The van der Waals surface area contributed by atoms with Crippen molar-refractivity contribution in [2.24, 2.45) is 0 Å². The molecule has 5 nitrogen and oxygen atoms in total. The van der Waals surface area contributed by atoms with Gasteiger partial charge in [0.1, 0.15) is 11.8 Å². The van der Waals surface area contributed by atoms with Crippen molar-refractivity contribution >= 4 is 35.0 Å². The van der Waals surface area contributed by atoms with Gasteiger partial charge < -0.3 is 15.0 Å². The predicted octanol–water partition coefficient (Wildman–Crippen LogP) is 4.70. The molecule has 0 aliphatic heterocycles. The molecule has 0 saturated heterocycles. The standard InChI is InChI=1S/C22H26Cl2N2O3/c1-15(21(28)25-22(2,3)4)26(13-16-10-11-18(23)19(24)12-16)20(27)14-29-17-8-6-5-7-9-17/h5-12,15H,13-14H2,1-4H3,(H,25,28)/t15-/m1/s1. The van der Waals surface area contributed by atoms with E-state index in [9.17, 15) is 9.59 Å². The van der Waals surface area contributed by atoms with Crippen LogP contribution in [0.4, 0.5) is 0 Å². The zero-order chi connectivity index (χ0) is 21.6. The molecule has 2 aromatic carbocycles. The summed E-state index contributed by atoms with van der Waals surface area (Å²) in [5.41, 5.74) is 0.354. The van der Waals surface area contributed by atoms with Gasteiger partial charge in [-0.3, -0.25) is 9.59 Å². The van der Waals surface area contributed by atoms with Gasteiger partial charge in [0.2, 0.25) is 5.91 Å². The highest BCUT2D eigenvalue weighted by Crippen LogP contribution is 2.24. The fraction of sp³-hybridized carbons (Fsp3) is 0.364. The van der Waals surface area contributed by atoms with E-state index in [-0.39, 0.29) is 25.0 Å². The molecule has 0 saturated carbocycles. The van der Waals surface area contributed by atoms with E-state index in [1.165, 1.54) is 4.90 Å². The minimum Gasteiger partial charge on any atom is -0.484 e. The van der Waals surface area contributed by atoms with Crippen LogP contribution in [-0.4, -0.2) is 34.9 Å². The molecule has 0 fully saturated rings. The Labute approximate surface area is 181 Å². The van der Waals surface area contributed by atoms with Crippen LogP contribution >= 0.6 is 23.2 Å². The van der Waals surface area contributed by atoms with Crippen LogP contribution in [0.15, 0.2) is 48.5 Å². The van der Waals surface area contributed by atoms with Crippen molar-refractivity contribution in [3.8, 4) is 5.75 Å². The van der Waals surface area contributed by atoms with Gasteiger partial charge in [-0.25, -0.2) is 0 Å². The zero-order valence-electron chi connectivity index (χ0n) is 17.0. The number of para-hydroxylation sites is 1. The molecule has 0 bridgehead atoms. The minimum atomic E-state index is -0.699. The number of carbonyl (C=O) groups is 2. The molecule has 2 aromatic rings. The summed E-state index contributed by atoms with van der Waals surface area (Å²) >= 11 is 12.1. The summed E-state index contributed by atoms with van der Waals surface area (Å²) in [5, 5.41) is 3.74. The topological polar surface area (TPSA) is 58.6 Å². The van der Waals surface area contributed by atoms with Crippen molar-refractivity contribution in [1.82, 2.24) is 10.2 Å². The number of carbonyl (C=O) groups excluding carboxylic acids is 2. The molecule has 0 heterocycles. The third-order valence-corrected chi connectivity index (χ3v) is 4.85. The average Bonchev–Trinajstić information content (AvgIpc) is 2.66. The summed E-state index contributed by atoms with van der Waals surface area (Å²) in [5.74, 6) is 0.0317. The average molecular weight is 437 g/mol. The monoisotopic (exact) mass is 436 g/mol. The summed E-state index contributed by atoms with van der Waals surface area (Å²) < 4.78 is 5.59. The molecule has 0 aromatic heterocycles. The number of benzene rings is 2. The Morgan fingerprint density at radius 3 is 2.31 bits per heavy atom. The number of hydrogen-bond donors (Lipinski definition) is 1. The summed E-state index contributed by atoms with van der Waals surface area (Å²) in [6.45, 7) is 7.38. The Hall–Kier alpha value is -2.24. The van der Waals surface area contributed by atoms with Gasteiger partial charge in [0.05, 0.1) is 10.0 Å². The molecule has 2 amide bonds. The number of nitrogens with zero attached hydrogens (tertiary/aromatic N) is 1. The quantitative estimate of drug-likeness (QED) is 0.683. The fourth-order valence-electron chi connectivity index (χ4n) is 2.64. The first-order chi connectivity index (χ1) is 13.6. The second-order valence-electron chi connectivity index (χ2n) is 7.79.